The van der Waals surface area contributed by atoms with E-state index < -0.39 is 0 Å². The molecule has 0 amide bonds. The Morgan fingerprint density at radius 2 is 1.56 bits per heavy atom. The van der Waals surface area contributed by atoms with E-state index in [0.29, 0.717) is 10.7 Å². The Bertz CT molecular complexity index is 433. The molecular weight excluding hydrogens is 218 g/mol. The quantitative estimate of drug-likeness (QED) is 0.735. The van der Waals surface area contributed by atoms with Gasteiger partial charge in [-0.15, -0.1) is 0 Å². The van der Waals surface area contributed by atoms with Crippen molar-refractivity contribution < 1.29 is 0 Å². The zero-order valence-electron chi connectivity index (χ0n) is 9.28. The lowest BCUT2D eigenvalue weighted by Gasteiger charge is -2.53. The fraction of sp³-hybridized carbons (Fsp3) is 0.833. The van der Waals surface area contributed by atoms with Crippen LogP contribution in [0.15, 0.2) is 0 Å². The number of hydrogen-bond donors (Lipinski definition) is 2. The normalized spacial score (nSPS) is 45.1. The molecule has 0 unspecified atom stereocenters. The van der Waals surface area contributed by atoms with Gasteiger partial charge in [-0.1, -0.05) is 0 Å². The number of aromatic nitrogens is 3. The highest BCUT2D eigenvalue weighted by molar-refractivity contribution is 7.71. The molecule has 4 aliphatic rings. The summed E-state index contributed by atoms with van der Waals surface area (Å²) in [5.74, 6) is 5.62. The third kappa shape index (κ3) is 1.25. The smallest absolute Gasteiger partial charge is 0.213 e. The molecule has 0 spiro atoms. The molecule has 0 radical (unpaired) electrons. The van der Waals surface area contributed by atoms with Crippen molar-refractivity contribution in [2.24, 2.45) is 23.7 Å². The first-order chi connectivity index (χ1) is 7.79. The highest BCUT2D eigenvalue weighted by atomic mass is 32.1. The molecule has 0 aromatic carbocycles. The molecule has 0 saturated heterocycles. The van der Waals surface area contributed by atoms with Crippen LogP contribution in [0.3, 0.4) is 0 Å². The molecule has 1 aromatic rings. The molecule has 3 nitrogen and oxygen atoms in total. The van der Waals surface area contributed by atoms with Crippen LogP contribution < -0.4 is 0 Å². The lowest BCUT2D eigenvalue weighted by atomic mass is 9.52. The van der Waals surface area contributed by atoms with Gasteiger partial charge in [-0.25, -0.2) is 4.98 Å². The predicted octanol–water partition coefficient (Wildman–Crippen LogP) is 3.01. The van der Waals surface area contributed by atoms with Gasteiger partial charge in [0.2, 0.25) is 4.77 Å². The second kappa shape index (κ2) is 3.19. The minimum Gasteiger partial charge on any atom is -0.285 e. The van der Waals surface area contributed by atoms with Crippen molar-refractivity contribution in [1.29, 1.82) is 0 Å². The third-order valence-electron chi connectivity index (χ3n) is 5.06. The van der Waals surface area contributed by atoms with Gasteiger partial charge in [0.05, 0.1) is 0 Å². The van der Waals surface area contributed by atoms with Gasteiger partial charge in [0, 0.05) is 5.92 Å². The van der Waals surface area contributed by atoms with Crippen LogP contribution in [0, 0.1) is 28.4 Å². The number of nitrogens with zero attached hydrogens (tertiary/aromatic N) is 1. The zero-order valence-corrected chi connectivity index (χ0v) is 10.1. The van der Waals surface area contributed by atoms with Crippen molar-refractivity contribution in [3.63, 3.8) is 0 Å². The van der Waals surface area contributed by atoms with E-state index in [0.717, 1.165) is 29.5 Å². The summed E-state index contributed by atoms with van der Waals surface area (Å²) in [7, 11) is 0. The molecule has 4 heteroatoms. The van der Waals surface area contributed by atoms with Crippen LogP contribution >= 0.6 is 12.2 Å². The topological polar surface area (TPSA) is 44.5 Å². The van der Waals surface area contributed by atoms with Crippen LogP contribution in [0.2, 0.25) is 0 Å². The summed E-state index contributed by atoms with van der Waals surface area (Å²) in [6.45, 7) is 0. The molecule has 4 saturated carbocycles. The minimum absolute atomic E-state index is 0.615. The van der Waals surface area contributed by atoms with Crippen molar-refractivity contribution in [1.82, 2.24) is 15.2 Å². The molecule has 5 rings (SSSR count). The molecule has 4 bridgehead atoms. The lowest BCUT2D eigenvalue weighted by molar-refractivity contribution is -0.00554. The van der Waals surface area contributed by atoms with Gasteiger partial charge >= 0.3 is 0 Å². The first-order valence-electron chi connectivity index (χ1n) is 6.44. The number of aromatic amines is 2. The fourth-order valence-corrected chi connectivity index (χ4v) is 4.96. The first kappa shape index (κ1) is 9.40. The van der Waals surface area contributed by atoms with E-state index in [4.69, 9.17) is 12.2 Å². The fourth-order valence-electron chi connectivity index (χ4n) is 4.81. The van der Waals surface area contributed by atoms with Crippen molar-refractivity contribution in [3.8, 4) is 0 Å². The maximum atomic E-state index is 5.07. The molecule has 0 atom stereocenters. The lowest BCUT2D eigenvalue weighted by Crippen LogP contribution is -2.44. The zero-order chi connectivity index (χ0) is 10.7. The van der Waals surface area contributed by atoms with Gasteiger partial charge < -0.3 is 0 Å². The van der Waals surface area contributed by atoms with Gasteiger partial charge in [-0.2, -0.15) is 0 Å². The maximum Gasteiger partial charge on any atom is 0.213 e. The highest BCUT2D eigenvalue weighted by Gasteiger charge is 2.49. The van der Waals surface area contributed by atoms with Crippen LogP contribution in [0.5, 0.6) is 0 Å². The molecule has 16 heavy (non-hydrogen) atoms. The molecule has 4 fully saturated rings. The van der Waals surface area contributed by atoms with Crippen LogP contribution in [0.1, 0.15) is 43.8 Å². The monoisotopic (exact) mass is 235 g/mol. The van der Waals surface area contributed by atoms with Crippen LogP contribution in [0.4, 0.5) is 0 Å². The molecule has 4 aliphatic carbocycles. The van der Waals surface area contributed by atoms with Crippen LogP contribution in [-0.4, -0.2) is 15.2 Å². The molecule has 0 aliphatic heterocycles. The third-order valence-corrected chi connectivity index (χ3v) is 5.26. The molecule has 1 aromatic heterocycles. The second-order valence-corrected chi connectivity index (χ2v) is 6.40. The summed E-state index contributed by atoms with van der Waals surface area (Å²) in [5, 5.41) is 6.15. The van der Waals surface area contributed by atoms with E-state index in [9.17, 15) is 0 Å². The SMILES string of the molecule is S=c1nc(C2C3CC4CC(C3)CC2C4)[nH][nH]1. The molecular formula is C12H17N3S. The maximum absolute atomic E-state index is 5.07. The number of hydrogen-bond acceptors (Lipinski definition) is 2. The highest BCUT2D eigenvalue weighted by Crippen LogP contribution is 2.59. The van der Waals surface area contributed by atoms with Crippen LogP contribution in [0.25, 0.3) is 0 Å². The summed E-state index contributed by atoms with van der Waals surface area (Å²) < 4.78 is 0.615. The summed E-state index contributed by atoms with van der Waals surface area (Å²) in [6, 6.07) is 0. The van der Waals surface area contributed by atoms with E-state index in [2.05, 4.69) is 15.2 Å². The summed E-state index contributed by atoms with van der Waals surface area (Å²) in [5.41, 5.74) is 0. The van der Waals surface area contributed by atoms with Gasteiger partial charge in [0.15, 0.2) is 0 Å². The largest absolute Gasteiger partial charge is 0.285 e. The molecule has 86 valence electrons. The standard InChI is InChI=1S/C12H17N3S/c16-12-13-11(14-15-12)10-8-2-6-1-7(4-8)5-9(10)3-6/h6-10H,1-5H2,(H2,13,14,15,16). The summed E-state index contributed by atoms with van der Waals surface area (Å²) in [6.07, 6.45) is 7.25. The van der Waals surface area contributed by atoms with Crippen molar-refractivity contribution in [2.45, 2.75) is 38.0 Å². The van der Waals surface area contributed by atoms with Crippen molar-refractivity contribution in [3.05, 3.63) is 10.6 Å². The van der Waals surface area contributed by atoms with E-state index >= 15 is 0 Å². The van der Waals surface area contributed by atoms with Gasteiger partial charge in [0.1, 0.15) is 5.82 Å². The second-order valence-electron chi connectivity index (χ2n) is 6.01. The summed E-state index contributed by atoms with van der Waals surface area (Å²) >= 11 is 5.07. The average Bonchev–Trinajstić information content (AvgIpc) is 2.63. The van der Waals surface area contributed by atoms with E-state index in [1.54, 1.807) is 0 Å². The Balaban J connectivity index is 1.72. The van der Waals surface area contributed by atoms with E-state index in [1.165, 1.54) is 32.1 Å². The van der Waals surface area contributed by atoms with Crippen molar-refractivity contribution in [2.75, 3.05) is 0 Å². The Morgan fingerprint density at radius 1 is 0.938 bits per heavy atom. The van der Waals surface area contributed by atoms with Gasteiger partial charge in [-0.05, 0) is 68.0 Å². The Morgan fingerprint density at radius 3 is 2.06 bits per heavy atom. The average molecular weight is 235 g/mol. The minimum atomic E-state index is 0.615. The number of nitrogens with one attached hydrogen (secondary N) is 2. The van der Waals surface area contributed by atoms with Crippen LogP contribution in [-0.2, 0) is 0 Å². The van der Waals surface area contributed by atoms with Gasteiger partial charge in [-0.3, -0.25) is 10.2 Å². The van der Waals surface area contributed by atoms with E-state index in [-0.39, 0.29) is 0 Å². The Hall–Kier alpha value is -0.640. The molecule has 2 N–H and O–H groups in total. The number of rotatable bonds is 1. The number of H-pyrrole nitrogens is 2. The Labute approximate surface area is 100 Å². The predicted molar refractivity (Wildman–Crippen MR) is 63.6 cm³/mol. The molecule has 1 heterocycles. The Kier molecular flexibility index (Phi) is 1.87. The van der Waals surface area contributed by atoms with E-state index in [1.807, 2.05) is 0 Å². The van der Waals surface area contributed by atoms with Gasteiger partial charge in [0.25, 0.3) is 0 Å². The first-order valence-corrected chi connectivity index (χ1v) is 6.85. The summed E-state index contributed by atoms with van der Waals surface area (Å²) in [4.78, 5) is 4.46. The van der Waals surface area contributed by atoms with Crippen molar-refractivity contribution >= 4 is 12.2 Å².